The van der Waals surface area contributed by atoms with Gasteiger partial charge in [-0.15, -0.1) is 0 Å². The van der Waals surface area contributed by atoms with Crippen LogP contribution in [0.5, 0.6) is 0 Å². The van der Waals surface area contributed by atoms with E-state index < -0.39 is 17.1 Å². The molecule has 0 amide bonds. The van der Waals surface area contributed by atoms with E-state index in [9.17, 15) is 14.4 Å². The number of nitrogens with zero attached hydrogens (tertiary/aromatic N) is 1. The van der Waals surface area contributed by atoms with E-state index in [0.717, 1.165) is 6.26 Å². The van der Waals surface area contributed by atoms with E-state index >= 15 is 0 Å². The summed E-state index contributed by atoms with van der Waals surface area (Å²) in [5, 5.41) is 13.8. The van der Waals surface area contributed by atoms with Crippen molar-refractivity contribution in [3.05, 3.63) is 31.5 Å². The third-order valence-corrected chi connectivity index (χ3v) is 0.681. The maximum atomic E-state index is 10.2. The highest BCUT2D eigenvalue weighted by atomic mass is 16.2. The number of aromatic amines is 3. The molecule has 0 fully saturated rings. The van der Waals surface area contributed by atoms with Crippen molar-refractivity contribution in [3.8, 4) is 6.26 Å². The van der Waals surface area contributed by atoms with Gasteiger partial charge in [-0.2, -0.15) is 5.26 Å². The summed E-state index contributed by atoms with van der Waals surface area (Å²) in [6.45, 7) is 0. The van der Waals surface area contributed by atoms with Gasteiger partial charge in [0.25, 0.3) is 6.26 Å². The maximum absolute atomic E-state index is 10.2. The summed E-state index contributed by atoms with van der Waals surface area (Å²) < 4.78 is 0. The van der Waals surface area contributed by atoms with Crippen molar-refractivity contribution in [2.24, 2.45) is 0 Å². The van der Waals surface area contributed by atoms with Gasteiger partial charge < -0.3 is 5.11 Å². The molecule has 8 heteroatoms. The van der Waals surface area contributed by atoms with Crippen LogP contribution in [0.25, 0.3) is 0 Å². The molecule has 0 saturated heterocycles. The minimum absolute atomic E-state index is 0.750. The van der Waals surface area contributed by atoms with Gasteiger partial charge in [0.1, 0.15) is 0 Å². The highest BCUT2D eigenvalue weighted by Gasteiger charge is 1.84. The number of hydrogen-bond donors (Lipinski definition) is 4. The van der Waals surface area contributed by atoms with Crippen LogP contribution in [-0.4, -0.2) is 20.1 Å². The monoisotopic (exact) mass is 172 g/mol. The van der Waals surface area contributed by atoms with E-state index in [0.29, 0.717) is 0 Å². The smallest absolute Gasteiger partial charge is 0.330 e. The van der Waals surface area contributed by atoms with Gasteiger partial charge in [-0.1, -0.05) is 0 Å². The fourth-order valence-corrected chi connectivity index (χ4v) is 0.403. The second-order valence-corrected chi connectivity index (χ2v) is 1.46. The molecule has 1 heterocycles. The van der Waals surface area contributed by atoms with Crippen LogP contribution >= 0.6 is 0 Å². The Bertz CT molecular complexity index is 353. The van der Waals surface area contributed by atoms with Crippen LogP contribution < -0.4 is 17.1 Å². The quantitative estimate of drug-likeness (QED) is 0.322. The van der Waals surface area contributed by atoms with Crippen LogP contribution in [0.3, 0.4) is 0 Å². The van der Waals surface area contributed by atoms with Gasteiger partial charge in [0.05, 0.1) is 0 Å². The van der Waals surface area contributed by atoms with Crippen LogP contribution in [0, 0.1) is 11.5 Å². The largest absolute Gasteiger partial charge is 0.443 e. The fourth-order valence-electron chi connectivity index (χ4n) is 0.403. The molecule has 1 aromatic rings. The normalized spacial score (nSPS) is 7.58. The standard InChI is InChI=1S/C3H3N3O3.CHNO/c7-1-4-2(8)6-3(9)5-1;2-1-3/h(H3,4,5,6,7,8,9);3H. The molecule has 0 unspecified atom stereocenters. The highest BCUT2D eigenvalue weighted by molar-refractivity contribution is 4.60. The lowest BCUT2D eigenvalue weighted by Crippen LogP contribution is -2.34. The lowest BCUT2D eigenvalue weighted by atomic mass is 11.0. The Kier molecular flexibility index (Phi) is 3.64. The average molecular weight is 172 g/mol. The third-order valence-electron chi connectivity index (χ3n) is 0.681. The Morgan fingerprint density at radius 1 is 1.00 bits per heavy atom. The predicted octanol–water partition coefficient (Wildman–Crippen LogP) is -2.41. The number of aliphatic hydroxyl groups excluding tert-OH is 1. The minimum Gasteiger partial charge on any atom is -0.443 e. The molecule has 0 aliphatic rings. The Labute approximate surface area is 64.1 Å². The number of hydrogen-bond acceptors (Lipinski definition) is 5. The topological polar surface area (TPSA) is 143 Å². The van der Waals surface area contributed by atoms with Gasteiger partial charge in [-0.05, 0) is 0 Å². The van der Waals surface area contributed by atoms with Gasteiger partial charge in [-0.25, -0.2) is 14.4 Å². The van der Waals surface area contributed by atoms with Crippen molar-refractivity contribution in [2.45, 2.75) is 0 Å². The first-order chi connectivity index (χ1) is 5.60. The Balaban J connectivity index is 0.000000354. The molecule has 0 atom stereocenters. The van der Waals surface area contributed by atoms with E-state index in [2.05, 4.69) is 0 Å². The molecule has 12 heavy (non-hydrogen) atoms. The maximum Gasteiger partial charge on any atom is 0.330 e. The van der Waals surface area contributed by atoms with Gasteiger partial charge >= 0.3 is 17.1 Å². The van der Waals surface area contributed by atoms with Crippen molar-refractivity contribution in [1.82, 2.24) is 15.0 Å². The second kappa shape index (κ2) is 4.51. The predicted molar refractivity (Wildman–Crippen MR) is 35.9 cm³/mol. The summed E-state index contributed by atoms with van der Waals surface area (Å²) in [7, 11) is 0. The molecule has 0 spiro atoms. The van der Waals surface area contributed by atoms with Crippen LogP contribution in [0.1, 0.15) is 0 Å². The number of aliphatic hydroxyl groups is 1. The van der Waals surface area contributed by atoms with Gasteiger partial charge in [0.2, 0.25) is 0 Å². The first-order valence-electron chi connectivity index (χ1n) is 2.56. The van der Waals surface area contributed by atoms with E-state index in [4.69, 9.17) is 10.4 Å². The summed E-state index contributed by atoms with van der Waals surface area (Å²) in [5.41, 5.74) is -2.41. The molecular weight excluding hydrogens is 168 g/mol. The summed E-state index contributed by atoms with van der Waals surface area (Å²) in [6, 6.07) is 0. The zero-order chi connectivity index (χ0) is 9.56. The zero-order valence-electron chi connectivity index (χ0n) is 5.62. The molecule has 64 valence electrons. The van der Waals surface area contributed by atoms with Crippen molar-refractivity contribution in [1.29, 1.82) is 5.26 Å². The molecular formula is C4H4N4O4. The highest BCUT2D eigenvalue weighted by Crippen LogP contribution is 1.29. The Morgan fingerprint density at radius 3 is 1.33 bits per heavy atom. The van der Waals surface area contributed by atoms with Crippen LogP contribution in [-0.2, 0) is 0 Å². The van der Waals surface area contributed by atoms with E-state index in [1.807, 2.05) is 0 Å². The summed E-state index contributed by atoms with van der Waals surface area (Å²) in [6.07, 6.45) is 0.750. The van der Waals surface area contributed by atoms with Crippen molar-refractivity contribution in [3.63, 3.8) is 0 Å². The average Bonchev–Trinajstić information content (AvgIpc) is 1.84. The molecule has 0 aliphatic heterocycles. The molecule has 0 radical (unpaired) electrons. The van der Waals surface area contributed by atoms with E-state index in [1.54, 1.807) is 15.0 Å². The van der Waals surface area contributed by atoms with E-state index in [-0.39, 0.29) is 0 Å². The Morgan fingerprint density at radius 2 is 1.17 bits per heavy atom. The lowest BCUT2D eigenvalue weighted by molar-refractivity contribution is 0.503. The first-order valence-corrected chi connectivity index (χ1v) is 2.56. The Hall–Kier alpha value is -2.30. The summed E-state index contributed by atoms with van der Waals surface area (Å²) >= 11 is 0. The second-order valence-electron chi connectivity index (χ2n) is 1.46. The molecule has 8 nitrogen and oxygen atoms in total. The molecule has 1 rings (SSSR count). The molecule has 0 aliphatic carbocycles. The number of rotatable bonds is 0. The first kappa shape index (κ1) is 9.70. The molecule has 0 saturated carbocycles. The number of H-pyrrole nitrogens is 3. The minimum atomic E-state index is -0.802. The lowest BCUT2D eigenvalue weighted by Gasteiger charge is -1.77. The summed E-state index contributed by atoms with van der Waals surface area (Å²) in [4.78, 5) is 35.9. The zero-order valence-corrected chi connectivity index (χ0v) is 5.62. The molecule has 0 aromatic carbocycles. The number of aromatic nitrogens is 3. The van der Waals surface area contributed by atoms with Crippen molar-refractivity contribution in [2.75, 3.05) is 0 Å². The third kappa shape index (κ3) is 3.67. The molecule has 4 N–H and O–H groups in total. The number of nitriles is 1. The van der Waals surface area contributed by atoms with Gasteiger partial charge in [-0.3, -0.25) is 15.0 Å². The van der Waals surface area contributed by atoms with Crippen LogP contribution in [0.15, 0.2) is 14.4 Å². The van der Waals surface area contributed by atoms with Crippen molar-refractivity contribution >= 4 is 0 Å². The van der Waals surface area contributed by atoms with Gasteiger partial charge in [0, 0.05) is 0 Å². The van der Waals surface area contributed by atoms with Gasteiger partial charge in [0.15, 0.2) is 0 Å². The van der Waals surface area contributed by atoms with Crippen molar-refractivity contribution < 1.29 is 5.11 Å². The van der Waals surface area contributed by atoms with E-state index in [1.165, 1.54) is 0 Å². The molecule has 1 aromatic heterocycles. The SMILES string of the molecule is N#CO.O=c1[nH]c(=O)[nH]c(=O)[nH]1. The summed E-state index contributed by atoms with van der Waals surface area (Å²) in [5.74, 6) is 0. The fraction of sp³-hybridized carbons (Fsp3) is 0. The molecule has 0 bridgehead atoms. The van der Waals surface area contributed by atoms with Crippen LogP contribution in [0.2, 0.25) is 0 Å². The van der Waals surface area contributed by atoms with Crippen LogP contribution in [0.4, 0.5) is 0 Å². The number of nitrogens with one attached hydrogen (secondary N) is 3.